The largest absolute Gasteiger partial charge is 1.00 e. The van der Waals surface area contributed by atoms with E-state index in [4.69, 9.17) is 0 Å². The van der Waals surface area contributed by atoms with Gasteiger partial charge in [0.1, 0.15) is 0 Å². The maximum Gasteiger partial charge on any atom is -1.00 e. The molecule has 2 aliphatic rings. The number of allylic oxidation sites excluding steroid dienone is 4. The molecule has 3 heteroatoms. The van der Waals surface area contributed by atoms with Crippen LogP contribution in [0.15, 0.2) is 111 Å². The molecule has 0 amide bonds. The molecule has 0 heterocycles. The number of halogens is 2. The zero-order chi connectivity index (χ0) is 32.3. The minimum Gasteiger partial charge on any atom is -1.00 e. The summed E-state index contributed by atoms with van der Waals surface area (Å²) in [6, 6.07) is 35.7. The van der Waals surface area contributed by atoms with Gasteiger partial charge in [0.15, 0.2) is 0 Å². The molecule has 0 fully saturated rings. The van der Waals surface area contributed by atoms with Crippen molar-refractivity contribution in [3.05, 3.63) is 145 Å². The van der Waals surface area contributed by atoms with Crippen molar-refractivity contribution in [3.8, 4) is 11.1 Å². The first-order valence-electron chi connectivity index (χ1n) is 16.9. The molecule has 0 aliphatic heterocycles. The van der Waals surface area contributed by atoms with Crippen molar-refractivity contribution in [1.82, 2.24) is 0 Å². The normalized spacial score (nSPS) is 15.3. The average Bonchev–Trinajstić information content (AvgIpc) is 3.52. The van der Waals surface area contributed by atoms with Crippen LogP contribution >= 0.6 is 0 Å². The number of fused-ring (bicyclic) bond motifs is 3. The van der Waals surface area contributed by atoms with E-state index in [1.165, 1.54) is 38.9 Å². The Kier molecular flexibility index (Phi) is 11.4. The monoisotopic (exact) mass is 738 g/mol. The van der Waals surface area contributed by atoms with Crippen LogP contribution in [0.4, 0.5) is 0 Å². The van der Waals surface area contributed by atoms with Gasteiger partial charge in [0, 0.05) is 0 Å². The second kappa shape index (κ2) is 14.3. The first kappa shape index (κ1) is 37.5. The van der Waals surface area contributed by atoms with Gasteiger partial charge in [-0.2, -0.15) is 0 Å². The summed E-state index contributed by atoms with van der Waals surface area (Å²) in [7, 11) is 0. The van der Waals surface area contributed by atoms with Crippen LogP contribution in [0, 0.1) is 11.8 Å². The van der Waals surface area contributed by atoms with Crippen LogP contribution in [-0.2, 0) is 38.5 Å². The summed E-state index contributed by atoms with van der Waals surface area (Å²) < 4.78 is 5.02. The second-order valence-corrected chi connectivity index (χ2v) is 21.4. The molecule has 0 saturated carbocycles. The molecule has 4 aromatic carbocycles. The smallest absolute Gasteiger partial charge is 1.00 e. The summed E-state index contributed by atoms with van der Waals surface area (Å²) in [5.74, 6) is 0.982. The first-order valence-corrected chi connectivity index (χ1v) is 20.5. The van der Waals surface area contributed by atoms with Crippen molar-refractivity contribution in [2.75, 3.05) is 0 Å². The molecule has 2 aliphatic carbocycles. The average molecular weight is 741 g/mol. The van der Waals surface area contributed by atoms with Crippen molar-refractivity contribution >= 4 is 6.48 Å². The summed E-state index contributed by atoms with van der Waals surface area (Å²) in [6.45, 7) is 23.5. The van der Waals surface area contributed by atoms with E-state index in [1.807, 2.05) is 0 Å². The van der Waals surface area contributed by atoms with Gasteiger partial charge in [-0.15, -0.1) is 0 Å². The molecule has 0 saturated heterocycles. The van der Waals surface area contributed by atoms with Gasteiger partial charge in [-0.05, 0) is 0 Å². The number of hydrogen-bond acceptors (Lipinski definition) is 0. The van der Waals surface area contributed by atoms with Crippen LogP contribution in [0.5, 0.6) is 0 Å². The minimum absolute atomic E-state index is 0. The number of rotatable bonds is 5. The van der Waals surface area contributed by atoms with E-state index in [-0.39, 0.29) is 35.6 Å². The van der Waals surface area contributed by atoms with E-state index < -0.39 is 21.3 Å². The van der Waals surface area contributed by atoms with E-state index in [9.17, 15) is 0 Å². The standard InChI is InChI=1S/C21H26.C13H9.C10H15.2ClH.Zr/c1-20(2,3)18-11-7-16(8-12-18)15-17-9-13-19(14-10-17)21(4,5)6;1-3-7-12-10(5-1)9-11-6-2-4-8-13(11)12;1-7(2)10-6-8(3)5-9(10)4;;;/h7-14H,1-6H3;1-5,7-8H,9H2;6-8H,1-4H3;2*1H;/q;;;;;+2/p-2. The number of hydrogen-bond donors (Lipinski definition) is 0. The second-order valence-electron chi connectivity index (χ2n) is 15.7. The summed E-state index contributed by atoms with van der Waals surface area (Å²) >= 11 is -2.83. The Morgan fingerprint density at radius 2 is 1.19 bits per heavy atom. The van der Waals surface area contributed by atoms with Crippen LogP contribution in [-0.4, -0.2) is 3.21 Å². The fraction of sp³-hybridized carbons (Fsp3) is 0.341. The van der Waals surface area contributed by atoms with Crippen molar-refractivity contribution in [3.63, 3.8) is 0 Å². The Morgan fingerprint density at radius 1 is 0.681 bits per heavy atom. The first-order chi connectivity index (χ1) is 21.3. The van der Waals surface area contributed by atoms with Gasteiger partial charge in [0.2, 0.25) is 0 Å². The van der Waals surface area contributed by atoms with E-state index in [2.05, 4.69) is 166 Å². The topological polar surface area (TPSA) is 0 Å². The van der Waals surface area contributed by atoms with Crippen molar-refractivity contribution in [2.45, 2.75) is 86.5 Å². The third-order valence-electron chi connectivity index (χ3n) is 10.1. The molecule has 1 unspecified atom stereocenters. The van der Waals surface area contributed by atoms with Gasteiger partial charge < -0.3 is 24.8 Å². The van der Waals surface area contributed by atoms with Crippen LogP contribution in [0.2, 0.25) is 0 Å². The predicted molar refractivity (Wildman–Crippen MR) is 193 cm³/mol. The van der Waals surface area contributed by atoms with Gasteiger partial charge in [-0.1, -0.05) is 0 Å². The fourth-order valence-electron chi connectivity index (χ4n) is 7.55. The zero-order valence-electron chi connectivity index (χ0n) is 29.9. The molecule has 0 N–H and O–H groups in total. The maximum atomic E-state index is 2.59. The van der Waals surface area contributed by atoms with E-state index in [1.54, 1.807) is 26.5 Å². The molecule has 47 heavy (non-hydrogen) atoms. The summed E-state index contributed by atoms with van der Waals surface area (Å²) in [4.78, 5) is 0. The SMILES string of the molecule is CC1=[C]([Zr+2](=[C](c2ccc(C(C)(C)C)cc2)c2ccc(C(C)(C)C)cc2)[c]2cccc3c2Cc2ccccc2-3)C(C)C=C1C(C)C.[Cl-].[Cl-]. The molecular weight excluding hydrogens is 691 g/mol. The van der Waals surface area contributed by atoms with Crippen molar-refractivity contribution in [1.29, 1.82) is 0 Å². The van der Waals surface area contributed by atoms with Gasteiger partial charge in [-0.3, -0.25) is 0 Å². The third kappa shape index (κ3) is 7.20. The summed E-state index contributed by atoms with van der Waals surface area (Å²) in [6.07, 6.45) is 3.63. The zero-order valence-corrected chi connectivity index (χ0v) is 33.8. The fourth-order valence-corrected chi connectivity index (χ4v) is 16.4. The van der Waals surface area contributed by atoms with E-state index in [0.717, 1.165) is 6.42 Å². The summed E-state index contributed by atoms with van der Waals surface area (Å²) in [5.41, 5.74) is 14.9. The third-order valence-corrected chi connectivity index (χ3v) is 18.6. The van der Waals surface area contributed by atoms with Crippen LogP contribution in [0.1, 0.15) is 103 Å². The van der Waals surface area contributed by atoms with Crippen LogP contribution < -0.4 is 28.1 Å². The van der Waals surface area contributed by atoms with Gasteiger partial charge in [0.25, 0.3) is 0 Å². The molecule has 6 rings (SSSR count). The Balaban J connectivity index is 0.00000250. The minimum atomic E-state index is -2.83. The molecule has 244 valence electrons. The molecule has 0 bridgehead atoms. The van der Waals surface area contributed by atoms with E-state index in [0.29, 0.717) is 11.8 Å². The van der Waals surface area contributed by atoms with Gasteiger partial charge >= 0.3 is 282 Å². The van der Waals surface area contributed by atoms with E-state index >= 15 is 0 Å². The molecule has 0 radical (unpaired) electrons. The molecule has 1 atom stereocenters. The van der Waals surface area contributed by atoms with Crippen molar-refractivity contribution < 1.29 is 46.1 Å². The Hall–Kier alpha value is -2.31. The molecule has 4 aromatic rings. The molecule has 0 nitrogen and oxygen atoms in total. The van der Waals surface area contributed by atoms with Gasteiger partial charge in [-0.25, -0.2) is 0 Å². The van der Waals surface area contributed by atoms with Crippen LogP contribution in [0.3, 0.4) is 0 Å². The quantitative estimate of drug-likeness (QED) is 0.241. The van der Waals surface area contributed by atoms with Crippen molar-refractivity contribution in [2.24, 2.45) is 11.8 Å². The Morgan fingerprint density at radius 3 is 1.68 bits per heavy atom. The Labute approximate surface area is 304 Å². The summed E-state index contributed by atoms with van der Waals surface area (Å²) in [5, 5.41) is 0. The molecule has 0 spiro atoms. The maximum absolute atomic E-state index is 2.83. The Bertz CT molecular complexity index is 1790. The molecular formula is C44H50Cl2Zr. The molecule has 0 aromatic heterocycles. The number of benzene rings is 4. The van der Waals surface area contributed by atoms with Crippen LogP contribution in [0.25, 0.3) is 11.1 Å². The predicted octanol–water partition coefficient (Wildman–Crippen LogP) is 4.88. The van der Waals surface area contributed by atoms with Gasteiger partial charge in [0.05, 0.1) is 0 Å².